The quantitative estimate of drug-likeness (QED) is 0.480. The van der Waals surface area contributed by atoms with Crippen LogP contribution in [0.5, 0.6) is 0 Å². The molecule has 0 atom stereocenters. The Labute approximate surface area is 63.0 Å². The molecule has 0 aromatic carbocycles. The molecule has 0 radical (unpaired) electrons. The summed E-state index contributed by atoms with van der Waals surface area (Å²) in [7, 11) is 0. The first-order valence-electron chi connectivity index (χ1n) is 4.83. The van der Waals surface area contributed by atoms with Crippen molar-refractivity contribution in [1.29, 1.82) is 0 Å². The largest absolute Gasteiger partial charge is 0.0522 e. The van der Waals surface area contributed by atoms with Crippen LogP contribution in [0.1, 0.15) is 51.4 Å². The zero-order chi connectivity index (χ0) is 6.66. The minimum Gasteiger partial charge on any atom is -0.0522 e. The van der Waals surface area contributed by atoms with E-state index in [4.69, 9.17) is 0 Å². The topological polar surface area (TPSA) is 0 Å². The summed E-state index contributed by atoms with van der Waals surface area (Å²) in [5, 5.41) is 0. The molecule has 3 fully saturated rings. The number of hydrogen-bond acceptors (Lipinski definition) is 0. The summed E-state index contributed by atoms with van der Waals surface area (Å²) in [6, 6.07) is 0. The summed E-state index contributed by atoms with van der Waals surface area (Å²) < 4.78 is 0. The summed E-state index contributed by atoms with van der Waals surface area (Å²) in [5.74, 6) is 0. The van der Waals surface area contributed by atoms with Crippen molar-refractivity contribution in [3.63, 3.8) is 0 Å². The second-order valence-corrected chi connectivity index (χ2v) is 5.03. The monoisotopic (exact) mass is 136 g/mol. The fourth-order valence-corrected chi connectivity index (χ4v) is 3.97. The third-order valence-corrected chi connectivity index (χ3v) is 4.54. The molecule has 3 rings (SSSR count). The predicted molar refractivity (Wildman–Crippen MR) is 41.8 cm³/mol. The van der Waals surface area contributed by atoms with E-state index >= 15 is 0 Å². The van der Waals surface area contributed by atoms with Crippen molar-refractivity contribution in [2.45, 2.75) is 51.4 Å². The Kier molecular flexibility index (Phi) is 0.810. The molecule has 0 aromatic rings. The lowest BCUT2D eigenvalue weighted by Gasteiger charge is -2.28. The Bertz CT molecular complexity index is 132. The molecule has 0 N–H and O–H groups in total. The Morgan fingerprint density at radius 2 is 1.10 bits per heavy atom. The van der Waals surface area contributed by atoms with Crippen LogP contribution in [0.4, 0.5) is 0 Å². The molecule has 0 aromatic heterocycles. The maximum Gasteiger partial charge on any atom is -0.0292 e. The first kappa shape index (κ1) is 5.62. The normalized spacial score (nSPS) is 57.6. The van der Waals surface area contributed by atoms with Crippen LogP contribution in [0.3, 0.4) is 0 Å². The lowest BCUT2D eigenvalue weighted by molar-refractivity contribution is 0.229. The van der Waals surface area contributed by atoms with Gasteiger partial charge in [0.15, 0.2) is 0 Å². The van der Waals surface area contributed by atoms with Crippen LogP contribution in [0.25, 0.3) is 0 Å². The molecule has 56 valence electrons. The Balaban J connectivity index is 2.06. The molecule has 0 unspecified atom stereocenters. The van der Waals surface area contributed by atoms with Gasteiger partial charge in [-0.1, -0.05) is 6.42 Å². The van der Waals surface area contributed by atoms with Gasteiger partial charge in [-0.2, -0.15) is 0 Å². The van der Waals surface area contributed by atoms with Gasteiger partial charge in [0.25, 0.3) is 0 Å². The van der Waals surface area contributed by atoms with Crippen molar-refractivity contribution in [3.05, 3.63) is 0 Å². The summed E-state index contributed by atoms with van der Waals surface area (Å²) in [6.07, 6.45) is 12.7. The molecule has 3 aliphatic carbocycles. The molecular formula is C10H16. The highest BCUT2D eigenvalue weighted by atomic mass is 14.6. The third-order valence-electron chi connectivity index (χ3n) is 4.54. The minimum atomic E-state index is 0.901. The number of rotatable bonds is 0. The van der Waals surface area contributed by atoms with E-state index < -0.39 is 0 Å². The Morgan fingerprint density at radius 1 is 0.600 bits per heavy atom. The fourth-order valence-electron chi connectivity index (χ4n) is 3.97. The molecule has 0 nitrogen and oxygen atoms in total. The van der Waals surface area contributed by atoms with Crippen molar-refractivity contribution in [2.24, 2.45) is 10.8 Å². The van der Waals surface area contributed by atoms with Crippen LogP contribution in [0.15, 0.2) is 0 Å². The molecule has 0 aliphatic heterocycles. The highest BCUT2D eigenvalue weighted by Crippen LogP contribution is 2.68. The van der Waals surface area contributed by atoms with E-state index in [1.165, 1.54) is 0 Å². The fraction of sp³-hybridized carbons (Fsp3) is 1.00. The van der Waals surface area contributed by atoms with E-state index in [1.807, 2.05) is 0 Å². The van der Waals surface area contributed by atoms with Crippen molar-refractivity contribution < 1.29 is 0 Å². The van der Waals surface area contributed by atoms with Crippen molar-refractivity contribution in [3.8, 4) is 0 Å². The van der Waals surface area contributed by atoms with Crippen molar-refractivity contribution >= 4 is 0 Å². The van der Waals surface area contributed by atoms with Gasteiger partial charge in [-0.05, 0) is 55.8 Å². The molecule has 0 spiro atoms. The molecule has 3 saturated carbocycles. The first-order valence-corrected chi connectivity index (χ1v) is 4.83. The maximum atomic E-state index is 1.62. The van der Waals surface area contributed by atoms with Crippen LogP contribution in [-0.4, -0.2) is 0 Å². The highest BCUT2D eigenvalue weighted by molar-refractivity contribution is 5.07. The molecule has 3 aliphatic rings. The van der Waals surface area contributed by atoms with E-state index in [1.54, 1.807) is 51.4 Å². The van der Waals surface area contributed by atoms with Gasteiger partial charge < -0.3 is 0 Å². The third kappa shape index (κ3) is 0.500. The summed E-state index contributed by atoms with van der Waals surface area (Å²) >= 11 is 0. The lowest BCUT2D eigenvalue weighted by atomic mass is 9.77. The van der Waals surface area contributed by atoms with E-state index in [-0.39, 0.29) is 0 Å². The second-order valence-electron chi connectivity index (χ2n) is 5.03. The zero-order valence-corrected chi connectivity index (χ0v) is 6.66. The van der Waals surface area contributed by atoms with Gasteiger partial charge in [-0.3, -0.25) is 0 Å². The second kappa shape index (κ2) is 1.44. The van der Waals surface area contributed by atoms with Gasteiger partial charge in [-0.15, -0.1) is 0 Å². The molecular weight excluding hydrogens is 120 g/mol. The lowest BCUT2D eigenvalue weighted by Crippen LogP contribution is -2.16. The molecule has 0 saturated heterocycles. The van der Waals surface area contributed by atoms with E-state index in [0.29, 0.717) is 0 Å². The SMILES string of the molecule is C1CC23CCC(C1)(CC2)C3. The average Bonchev–Trinajstić information content (AvgIpc) is 2.35. The minimum absolute atomic E-state index is 0.901. The van der Waals surface area contributed by atoms with E-state index in [9.17, 15) is 0 Å². The number of hydrogen-bond donors (Lipinski definition) is 0. The predicted octanol–water partition coefficient (Wildman–Crippen LogP) is 3.12. The molecule has 2 bridgehead atoms. The Morgan fingerprint density at radius 3 is 1.50 bits per heavy atom. The van der Waals surface area contributed by atoms with Gasteiger partial charge in [0.2, 0.25) is 0 Å². The van der Waals surface area contributed by atoms with Gasteiger partial charge >= 0.3 is 0 Å². The summed E-state index contributed by atoms with van der Waals surface area (Å²) in [6.45, 7) is 0. The highest BCUT2D eigenvalue weighted by Gasteiger charge is 2.55. The molecule has 0 heterocycles. The van der Waals surface area contributed by atoms with Gasteiger partial charge in [0, 0.05) is 0 Å². The zero-order valence-electron chi connectivity index (χ0n) is 6.66. The summed E-state index contributed by atoms with van der Waals surface area (Å²) in [5.41, 5.74) is 1.80. The van der Waals surface area contributed by atoms with Gasteiger partial charge in [-0.25, -0.2) is 0 Å². The summed E-state index contributed by atoms with van der Waals surface area (Å²) in [4.78, 5) is 0. The molecule has 0 amide bonds. The van der Waals surface area contributed by atoms with E-state index in [2.05, 4.69) is 0 Å². The smallest absolute Gasteiger partial charge is 0.0292 e. The van der Waals surface area contributed by atoms with Crippen LogP contribution in [-0.2, 0) is 0 Å². The van der Waals surface area contributed by atoms with E-state index in [0.717, 1.165) is 10.8 Å². The van der Waals surface area contributed by atoms with Gasteiger partial charge in [0.05, 0.1) is 0 Å². The van der Waals surface area contributed by atoms with Crippen LogP contribution < -0.4 is 0 Å². The molecule has 10 heavy (non-hydrogen) atoms. The molecule has 0 heteroatoms. The maximum absolute atomic E-state index is 1.62. The van der Waals surface area contributed by atoms with Crippen LogP contribution >= 0.6 is 0 Å². The standard InChI is InChI=1S/C10H16/c1-2-9-4-6-10(3-1,8-9)7-5-9/h1-8H2. The van der Waals surface area contributed by atoms with Crippen LogP contribution in [0.2, 0.25) is 0 Å². The van der Waals surface area contributed by atoms with Crippen molar-refractivity contribution in [1.82, 2.24) is 0 Å². The van der Waals surface area contributed by atoms with Crippen LogP contribution in [0, 0.1) is 10.8 Å². The van der Waals surface area contributed by atoms with Gasteiger partial charge in [0.1, 0.15) is 0 Å². The average molecular weight is 136 g/mol. The Hall–Kier alpha value is 0. The van der Waals surface area contributed by atoms with Crippen molar-refractivity contribution in [2.75, 3.05) is 0 Å². The first-order chi connectivity index (χ1) is 4.83.